The minimum atomic E-state index is -1.15. The third-order valence-corrected chi connectivity index (χ3v) is 2.85. The van der Waals surface area contributed by atoms with Gasteiger partial charge in [-0.25, -0.2) is 4.39 Å². The maximum atomic E-state index is 13.7. The fourth-order valence-electron chi connectivity index (χ4n) is 1.91. The van der Waals surface area contributed by atoms with E-state index in [1.807, 2.05) is 6.07 Å². The molecule has 19 heavy (non-hydrogen) atoms. The van der Waals surface area contributed by atoms with Crippen LogP contribution in [0.2, 0.25) is 0 Å². The Kier molecular flexibility index (Phi) is 2.63. The van der Waals surface area contributed by atoms with Gasteiger partial charge in [0.15, 0.2) is 16.8 Å². The number of benzene rings is 2. The zero-order valence-corrected chi connectivity index (χ0v) is 9.69. The first-order valence-corrected chi connectivity index (χ1v) is 5.64. The number of rotatable bonds is 1. The molecule has 0 atom stereocenters. The maximum absolute atomic E-state index is 13.7. The van der Waals surface area contributed by atoms with Gasteiger partial charge in [-0.05, 0) is 12.1 Å². The fourth-order valence-corrected chi connectivity index (χ4v) is 1.91. The highest BCUT2D eigenvalue weighted by Crippen LogP contribution is 2.24. The van der Waals surface area contributed by atoms with E-state index in [1.54, 1.807) is 24.3 Å². The van der Waals surface area contributed by atoms with Crippen molar-refractivity contribution in [3.05, 3.63) is 70.4 Å². The van der Waals surface area contributed by atoms with E-state index in [1.165, 1.54) is 12.1 Å². The van der Waals surface area contributed by atoms with Gasteiger partial charge in [0.1, 0.15) is 5.76 Å². The Labute approximate surface area is 106 Å². The summed E-state index contributed by atoms with van der Waals surface area (Å²) in [6, 6.07) is 12.2. The van der Waals surface area contributed by atoms with Crippen molar-refractivity contribution in [3.63, 3.8) is 0 Å². The fraction of sp³-hybridized carbons (Fsp3) is 0. The average molecular weight is 258 g/mol. The molecule has 1 heterocycles. The summed E-state index contributed by atoms with van der Waals surface area (Å²) in [5.74, 6) is -1.98. The van der Waals surface area contributed by atoms with Crippen molar-refractivity contribution in [1.29, 1.82) is 0 Å². The van der Waals surface area contributed by atoms with Crippen LogP contribution in [0.25, 0.3) is 22.3 Å². The summed E-state index contributed by atoms with van der Waals surface area (Å²) in [4.78, 5) is 11.9. The number of fused-ring (bicyclic) bond motifs is 1. The van der Waals surface area contributed by atoms with Crippen LogP contribution in [-0.2, 0) is 0 Å². The molecule has 0 bridgehead atoms. The molecule has 0 fully saturated rings. The van der Waals surface area contributed by atoms with Crippen molar-refractivity contribution in [2.45, 2.75) is 0 Å². The van der Waals surface area contributed by atoms with Crippen molar-refractivity contribution >= 4 is 11.0 Å². The molecule has 2 aromatic carbocycles. The lowest BCUT2D eigenvalue weighted by atomic mass is 10.1. The molecular weight excluding hydrogens is 250 g/mol. The van der Waals surface area contributed by atoms with E-state index in [2.05, 4.69) is 0 Å². The second-order valence-electron chi connectivity index (χ2n) is 4.08. The first-order chi connectivity index (χ1) is 9.16. The van der Waals surface area contributed by atoms with Crippen LogP contribution >= 0.6 is 0 Å². The van der Waals surface area contributed by atoms with Gasteiger partial charge in [-0.15, -0.1) is 0 Å². The molecular formula is C15H8F2O2. The Morgan fingerprint density at radius 2 is 1.68 bits per heavy atom. The number of halogens is 2. The highest BCUT2D eigenvalue weighted by Gasteiger charge is 2.13. The van der Waals surface area contributed by atoms with Gasteiger partial charge in [-0.3, -0.25) is 4.79 Å². The molecule has 0 N–H and O–H groups in total. The van der Waals surface area contributed by atoms with Crippen molar-refractivity contribution in [2.24, 2.45) is 0 Å². The lowest BCUT2D eigenvalue weighted by Gasteiger charge is -2.04. The third-order valence-electron chi connectivity index (χ3n) is 2.85. The molecule has 3 rings (SSSR count). The van der Waals surface area contributed by atoms with Crippen molar-refractivity contribution in [3.8, 4) is 11.3 Å². The standard InChI is InChI=1S/C15H8F2O2/c16-11-7-6-10-12(18)8-13(19-15(10)14(11)17)9-4-2-1-3-5-9/h1-8H. The summed E-state index contributed by atoms with van der Waals surface area (Å²) in [6.07, 6.45) is 0. The molecule has 94 valence electrons. The Morgan fingerprint density at radius 3 is 2.42 bits per heavy atom. The Morgan fingerprint density at radius 1 is 0.947 bits per heavy atom. The Hall–Kier alpha value is -2.49. The molecule has 2 nitrogen and oxygen atoms in total. The zero-order valence-electron chi connectivity index (χ0n) is 9.69. The van der Waals surface area contributed by atoms with Crippen LogP contribution in [0, 0.1) is 11.6 Å². The first-order valence-electron chi connectivity index (χ1n) is 5.64. The van der Waals surface area contributed by atoms with Crippen molar-refractivity contribution in [1.82, 2.24) is 0 Å². The summed E-state index contributed by atoms with van der Waals surface area (Å²) < 4.78 is 32.2. The molecule has 3 aromatic rings. The van der Waals surface area contributed by atoms with Gasteiger partial charge in [0.25, 0.3) is 0 Å². The molecule has 0 saturated carbocycles. The second-order valence-corrected chi connectivity index (χ2v) is 4.08. The number of hydrogen-bond donors (Lipinski definition) is 0. The smallest absolute Gasteiger partial charge is 0.202 e. The Bertz CT molecular complexity index is 807. The van der Waals surface area contributed by atoms with E-state index < -0.39 is 17.1 Å². The van der Waals surface area contributed by atoms with Gasteiger partial charge in [0.2, 0.25) is 5.82 Å². The molecule has 0 spiro atoms. The molecule has 0 aliphatic heterocycles. The largest absolute Gasteiger partial charge is 0.453 e. The van der Waals surface area contributed by atoms with Crippen molar-refractivity contribution < 1.29 is 13.2 Å². The summed E-state index contributed by atoms with van der Waals surface area (Å²) in [6.45, 7) is 0. The van der Waals surface area contributed by atoms with Gasteiger partial charge in [0.05, 0.1) is 5.39 Å². The van der Waals surface area contributed by atoms with E-state index in [4.69, 9.17) is 4.42 Å². The van der Waals surface area contributed by atoms with Crippen LogP contribution < -0.4 is 5.43 Å². The third kappa shape index (κ3) is 1.91. The maximum Gasteiger partial charge on any atom is 0.202 e. The minimum absolute atomic E-state index is 0.0265. The predicted octanol–water partition coefficient (Wildman–Crippen LogP) is 3.74. The van der Waals surface area contributed by atoms with Gasteiger partial charge in [-0.2, -0.15) is 4.39 Å². The highest BCUT2D eigenvalue weighted by atomic mass is 19.2. The molecule has 4 heteroatoms. The summed E-state index contributed by atoms with van der Waals surface area (Å²) in [5.41, 5.74) is -0.129. The van der Waals surface area contributed by atoms with Crippen molar-refractivity contribution in [2.75, 3.05) is 0 Å². The zero-order chi connectivity index (χ0) is 13.4. The minimum Gasteiger partial charge on any atom is -0.453 e. The topological polar surface area (TPSA) is 30.2 Å². The second kappa shape index (κ2) is 4.31. The molecule has 0 amide bonds. The van der Waals surface area contributed by atoms with Crippen LogP contribution in [0.1, 0.15) is 0 Å². The Balaban J connectivity index is 2.36. The van der Waals surface area contributed by atoms with Crippen LogP contribution in [0.15, 0.2) is 57.7 Å². The van der Waals surface area contributed by atoms with Crippen LogP contribution in [0.5, 0.6) is 0 Å². The van der Waals surface area contributed by atoms with E-state index in [0.29, 0.717) is 5.56 Å². The van der Waals surface area contributed by atoms with E-state index in [9.17, 15) is 13.6 Å². The molecule has 0 aliphatic carbocycles. The molecule has 0 aliphatic rings. The summed E-state index contributed by atoms with van der Waals surface area (Å²) in [5, 5.41) is 0.0265. The number of hydrogen-bond acceptors (Lipinski definition) is 2. The van der Waals surface area contributed by atoms with Crippen LogP contribution in [-0.4, -0.2) is 0 Å². The van der Waals surface area contributed by atoms with E-state index >= 15 is 0 Å². The predicted molar refractivity (Wildman–Crippen MR) is 67.8 cm³/mol. The SMILES string of the molecule is O=c1cc(-c2ccccc2)oc2c(F)c(F)ccc12. The normalized spacial score (nSPS) is 10.8. The molecule has 0 unspecified atom stereocenters. The van der Waals surface area contributed by atoms with Gasteiger partial charge in [-0.1, -0.05) is 30.3 Å². The quantitative estimate of drug-likeness (QED) is 0.665. The van der Waals surface area contributed by atoms with Crippen LogP contribution in [0.4, 0.5) is 8.78 Å². The van der Waals surface area contributed by atoms with Gasteiger partial charge < -0.3 is 4.42 Å². The van der Waals surface area contributed by atoms with Crippen LogP contribution in [0.3, 0.4) is 0 Å². The summed E-state index contributed by atoms with van der Waals surface area (Å²) >= 11 is 0. The first kappa shape index (κ1) is 11.6. The lowest BCUT2D eigenvalue weighted by molar-refractivity contribution is 0.491. The summed E-state index contributed by atoms with van der Waals surface area (Å²) in [7, 11) is 0. The van der Waals surface area contributed by atoms with Gasteiger partial charge >= 0.3 is 0 Å². The lowest BCUT2D eigenvalue weighted by Crippen LogP contribution is -2.02. The molecule has 0 saturated heterocycles. The van der Waals surface area contributed by atoms with Gasteiger partial charge in [0, 0.05) is 11.6 Å². The highest BCUT2D eigenvalue weighted by molar-refractivity contribution is 5.79. The van der Waals surface area contributed by atoms with E-state index in [0.717, 1.165) is 6.07 Å². The average Bonchev–Trinajstić information content (AvgIpc) is 2.44. The molecule has 1 aromatic heterocycles. The van der Waals surface area contributed by atoms with E-state index in [-0.39, 0.29) is 16.7 Å². The molecule has 0 radical (unpaired) electrons. The monoisotopic (exact) mass is 258 g/mol.